The Morgan fingerprint density at radius 1 is 1.20 bits per heavy atom. The number of nitrogens with zero attached hydrogens (tertiary/aromatic N) is 5. The zero-order valence-electron chi connectivity index (χ0n) is 23.3. The number of aromatic nitrogens is 3. The Labute approximate surface area is 236 Å². The van der Waals surface area contributed by atoms with Gasteiger partial charge in [0, 0.05) is 38.0 Å². The molecule has 9 nitrogen and oxygen atoms in total. The Bertz CT molecular complexity index is 1320. The molecule has 4 atom stereocenters. The Balaban J connectivity index is 1.35. The second-order valence-corrected chi connectivity index (χ2v) is 12.3. The molecule has 3 saturated heterocycles. The minimum atomic E-state index is -4.64. The SMILES string of the molecule is Cc1cc(N)nc([C@@H]2Cc3nc(OC[C@@]45CCCN4C[C@H](F)C5)nc(N4CCC[C@@](C)(O)C4)c3CO2)c1C(F)(F)F. The van der Waals surface area contributed by atoms with Crippen molar-refractivity contribution in [2.75, 3.05) is 43.4 Å². The zero-order chi connectivity index (χ0) is 29.2. The van der Waals surface area contributed by atoms with E-state index in [0.717, 1.165) is 25.8 Å². The van der Waals surface area contributed by atoms with Crippen molar-refractivity contribution in [3.05, 3.63) is 34.1 Å². The first-order chi connectivity index (χ1) is 19.3. The Morgan fingerprint density at radius 2 is 1.98 bits per heavy atom. The van der Waals surface area contributed by atoms with E-state index >= 15 is 0 Å². The third kappa shape index (κ3) is 5.43. The number of pyridine rings is 1. The van der Waals surface area contributed by atoms with Gasteiger partial charge in [0.2, 0.25) is 0 Å². The fraction of sp³-hybridized carbons (Fsp3) is 0.679. The van der Waals surface area contributed by atoms with Gasteiger partial charge in [-0.25, -0.2) is 9.37 Å². The van der Waals surface area contributed by atoms with Crippen LogP contribution in [0.2, 0.25) is 0 Å². The van der Waals surface area contributed by atoms with Crippen LogP contribution in [0.5, 0.6) is 6.01 Å². The third-order valence-electron chi connectivity index (χ3n) is 8.92. The maximum absolute atomic E-state index is 14.3. The second-order valence-electron chi connectivity index (χ2n) is 12.3. The molecule has 4 aliphatic heterocycles. The molecule has 2 aromatic heterocycles. The normalized spacial score (nSPS) is 30.4. The smallest absolute Gasteiger partial charge is 0.418 e. The highest BCUT2D eigenvalue weighted by Crippen LogP contribution is 2.43. The molecule has 0 bridgehead atoms. The van der Waals surface area contributed by atoms with Crippen LogP contribution >= 0.6 is 0 Å². The molecule has 6 heterocycles. The van der Waals surface area contributed by atoms with Crippen molar-refractivity contribution in [3.63, 3.8) is 0 Å². The number of β-amino-alcohol motifs (C(OH)–C–C–N with tert-alkyl or cyclic N) is 1. The first kappa shape index (κ1) is 28.4. The molecule has 0 saturated carbocycles. The van der Waals surface area contributed by atoms with Gasteiger partial charge in [-0.2, -0.15) is 23.1 Å². The van der Waals surface area contributed by atoms with Gasteiger partial charge in [-0.05, 0) is 57.7 Å². The van der Waals surface area contributed by atoms with Crippen molar-refractivity contribution in [3.8, 4) is 6.01 Å². The van der Waals surface area contributed by atoms with E-state index in [0.29, 0.717) is 49.6 Å². The molecule has 2 aromatic rings. The Kier molecular flexibility index (Phi) is 7.05. The summed E-state index contributed by atoms with van der Waals surface area (Å²) in [5, 5.41) is 10.8. The van der Waals surface area contributed by atoms with E-state index in [4.69, 9.17) is 20.2 Å². The highest BCUT2D eigenvalue weighted by molar-refractivity contribution is 5.52. The number of anilines is 2. The van der Waals surface area contributed by atoms with Gasteiger partial charge >= 0.3 is 12.2 Å². The number of hydrogen-bond acceptors (Lipinski definition) is 9. The van der Waals surface area contributed by atoms with E-state index in [1.807, 2.05) is 4.90 Å². The van der Waals surface area contributed by atoms with Crippen LogP contribution < -0.4 is 15.4 Å². The molecule has 3 N–H and O–H groups in total. The number of hydrogen-bond donors (Lipinski definition) is 2. The van der Waals surface area contributed by atoms with Gasteiger partial charge < -0.3 is 25.2 Å². The minimum Gasteiger partial charge on any atom is -0.461 e. The van der Waals surface area contributed by atoms with Crippen LogP contribution in [0.3, 0.4) is 0 Å². The summed E-state index contributed by atoms with van der Waals surface area (Å²) >= 11 is 0. The number of aliphatic hydroxyl groups is 1. The monoisotopic (exact) mass is 580 g/mol. The van der Waals surface area contributed by atoms with E-state index in [-0.39, 0.29) is 42.7 Å². The highest BCUT2D eigenvalue weighted by Gasteiger charge is 2.49. The first-order valence-electron chi connectivity index (χ1n) is 14.2. The number of ether oxygens (including phenoxy) is 2. The van der Waals surface area contributed by atoms with Crippen molar-refractivity contribution >= 4 is 11.6 Å². The average Bonchev–Trinajstić information content (AvgIpc) is 3.40. The van der Waals surface area contributed by atoms with Crippen molar-refractivity contribution < 1.29 is 32.1 Å². The summed E-state index contributed by atoms with van der Waals surface area (Å²) in [6.07, 6.45) is -3.04. The molecule has 3 fully saturated rings. The van der Waals surface area contributed by atoms with Crippen LogP contribution in [0.25, 0.3) is 0 Å². The lowest BCUT2D eigenvalue weighted by Gasteiger charge is -2.39. The van der Waals surface area contributed by atoms with E-state index in [9.17, 15) is 22.7 Å². The summed E-state index contributed by atoms with van der Waals surface area (Å²) in [6, 6.07) is 1.29. The van der Waals surface area contributed by atoms with E-state index in [1.54, 1.807) is 6.92 Å². The number of halogens is 4. The topological polar surface area (TPSA) is 110 Å². The van der Waals surface area contributed by atoms with Crippen LogP contribution in [0, 0.1) is 6.92 Å². The van der Waals surface area contributed by atoms with E-state index in [1.165, 1.54) is 13.0 Å². The van der Waals surface area contributed by atoms with Crippen molar-refractivity contribution in [2.45, 2.75) is 88.6 Å². The van der Waals surface area contributed by atoms with Gasteiger partial charge in [0.1, 0.15) is 30.5 Å². The molecule has 4 aliphatic rings. The fourth-order valence-corrected chi connectivity index (χ4v) is 7.11. The quantitative estimate of drug-likeness (QED) is 0.509. The van der Waals surface area contributed by atoms with E-state index < -0.39 is 35.2 Å². The molecule has 0 radical (unpaired) electrons. The van der Waals surface area contributed by atoms with Gasteiger partial charge in [-0.15, -0.1) is 0 Å². The van der Waals surface area contributed by atoms with Gasteiger partial charge in [-0.1, -0.05) is 0 Å². The van der Waals surface area contributed by atoms with Crippen molar-refractivity contribution in [1.29, 1.82) is 0 Å². The maximum Gasteiger partial charge on any atom is 0.418 e. The van der Waals surface area contributed by atoms with Gasteiger partial charge in [0.25, 0.3) is 0 Å². The summed E-state index contributed by atoms with van der Waals surface area (Å²) in [7, 11) is 0. The van der Waals surface area contributed by atoms with Crippen molar-refractivity contribution in [2.24, 2.45) is 0 Å². The molecule has 224 valence electrons. The molecular weight excluding hydrogens is 544 g/mol. The zero-order valence-corrected chi connectivity index (χ0v) is 23.3. The van der Waals surface area contributed by atoms with Gasteiger partial charge in [0.15, 0.2) is 0 Å². The fourth-order valence-electron chi connectivity index (χ4n) is 7.11. The summed E-state index contributed by atoms with van der Waals surface area (Å²) in [5.41, 5.74) is 4.49. The average molecular weight is 581 g/mol. The van der Waals surface area contributed by atoms with Crippen LogP contribution in [0.4, 0.5) is 29.2 Å². The molecule has 0 aromatic carbocycles. The Morgan fingerprint density at radius 3 is 2.73 bits per heavy atom. The molecule has 0 amide bonds. The second kappa shape index (κ2) is 10.2. The predicted molar refractivity (Wildman–Crippen MR) is 142 cm³/mol. The minimum absolute atomic E-state index is 0.00818. The molecule has 0 spiro atoms. The molecule has 0 unspecified atom stereocenters. The third-order valence-corrected chi connectivity index (χ3v) is 8.92. The first-order valence-corrected chi connectivity index (χ1v) is 14.2. The summed E-state index contributed by atoms with van der Waals surface area (Å²) in [6.45, 7) is 5.47. The van der Waals surface area contributed by atoms with Gasteiger partial charge in [-0.3, -0.25) is 4.90 Å². The summed E-state index contributed by atoms with van der Waals surface area (Å²) in [5.74, 6) is 0.512. The van der Waals surface area contributed by atoms with Crippen LogP contribution in [0.15, 0.2) is 6.07 Å². The Hall–Kier alpha value is -2.77. The lowest BCUT2D eigenvalue weighted by atomic mass is 9.94. The van der Waals surface area contributed by atoms with E-state index in [2.05, 4.69) is 14.9 Å². The summed E-state index contributed by atoms with van der Waals surface area (Å²) in [4.78, 5) is 17.5. The number of aryl methyl sites for hydroxylation is 1. The molecule has 0 aliphatic carbocycles. The lowest BCUT2D eigenvalue weighted by molar-refractivity contribution is -0.140. The number of nitrogens with two attached hydrogens (primary N) is 1. The predicted octanol–water partition coefficient (Wildman–Crippen LogP) is 3.90. The number of nitrogen functional groups attached to an aromatic ring is 1. The molecular formula is C28H36F4N6O3. The van der Waals surface area contributed by atoms with Crippen LogP contribution in [0.1, 0.15) is 73.2 Å². The van der Waals surface area contributed by atoms with Crippen LogP contribution in [-0.4, -0.2) is 75.1 Å². The number of alkyl halides is 4. The lowest BCUT2D eigenvalue weighted by Crippen LogP contribution is -2.47. The van der Waals surface area contributed by atoms with Crippen molar-refractivity contribution in [1.82, 2.24) is 19.9 Å². The number of rotatable bonds is 5. The number of fused-ring (bicyclic) bond motifs is 2. The van der Waals surface area contributed by atoms with Gasteiger partial charge in [0.05, 0.1) is 34.7 Å². The molecule has 13 heteroatoms. The standard InChI is InChI=1S/C28H36F4N6O3/c1-16-9-21(33)35-23(22(16)28(30,31)32)20-10-19-18(13-40-20)24(37-7-3-5-26(2,39)14-37)36-25(34-19)41-15-27-6-4-8-38(27)12-17(29)11-27/h9,17,20,39H,3-8,10-15H2,1-2H3,(H2,33,35)/t17-,20+,26-,27+/m1/s1. The summed E-state index contributed by atoms with van der Waals surface area (Å²) < 4.78 is 68.7. The molecule has 41 heavy (non-hydrogen) atoms. The highest BCUT2D eigenvalue weighted by atomic mass is 19.4. The largest absolute Gasteiger partial charge is 0.461 e. The number of piperidine rings is 1. The molecule has 6 rings (SSSR count). The van der Waals surface area contributed by atoms with Crippen LogP contribution in [-0.2, 0) is 23.9 Å². The maximum atomic E-state index is 14.3.